The highest BCUT2D eigenvalue weighted by Crippen LogP contribution is 2.07. The Bertz CT molecular complexity index is 387. The van der Waals surface area contributed by atoms with Gasteiger partial charge in [0.15, 0.2) is 0 Å². The Morgan fingerprint density at radius 1 is 1.29 bits per heavy atom. The standard InChI is InChI=1S/C10H15ClN4O2/c1-14-2-4-15(5-3-14)10(16)6-8-12-13-9(7-11)17-8/h2-7H2,1H3. The van der Waals surface area contributed by atoms with Crippen LogP contribution in [0, 0.1) is 0 Å². The molecule has 0 unspecified atom stereocenters. The lowest BCUT2D eigenvalue weighted by atomic mass is 10.3. The zero-order valence-electron chi connectivity index (χ0n) is 9.73. The van der Waals surface area contributed by atoms with Crippen molar-refractivity contribution >= 4 is 17.5 Å². The van der Waals surface area contributed by atoms with Gasteiger partial charge in [0.1, 0.15) is 12.3 Å². The van der Waals surface area contributed by atoms with Crippen molar-refractivity contribution in [3.8, 4) is 0 Å². The summed E-state index contributed by atoms with van der Waals surface area (Å²) in [6.45, 7) is 3.32. The number of aromatic nitrogens is 2. The fourth-order valence-corrected chi connectivity index (χ4v) is 1.82. The SMILES string of the molecule is CN1CCN(C(=O)Cc2nnc(CCl)o2)CC1. The minimum Gasteiger partial charge on any atom is -0.423 e. The van der Waals surface area contributed by atoms with Crippen molar-refractivity contribution in [2.24, 2.45) is 0 Å². The topological polar surface area (TPSA) is 62.5 Å². The quantitative estimate of drug-likeness (QED) is 0.721. The summed E-state index contributed by atoms with van der Waals surface area (Å²) in [6.07, 6.45) is 0.160. The van der Waals surface area contributed by atoms with Crippen molar-refractivity contribution in [3.63, 3.8) is 0 Å². The number of amides is 1. The summed E-state index contributed by atoms with van der Waals surface area (Å²) in [7, 11) is 2.05. The van der Waals surface area contributed by atoms with Gasteiger partial charge in [-0.1, -0.05) is 0 Å². The van der Waals surface area contributed by atoms with Crippen molar-refractivity contribution < 1.29 is 9.21 Å². The lowest BCUT2D eigenvalue weighted by Crippen LogP contribution is -2.47. The number of rotatable bonds is 3. The Morgan fingerprint density at radius 2 is 1.94 bits per heavy atom. The molecule has 17 heavy (non-hydrogen) atoms. The first-order valence-electron chi connectivity index (χ1n) is 5.52. The van der Waals surface area contributed by atoms with Gasteiger partial charge in [-0.3, -0.25) is 4.79 Å². The van der Waals surface area contributed by atoms with Gasteiger partial charge in [0.05, 0.1) is 0 Å². The highest BCUT2D eigenvalue weighted by atomic mass is 35.5. The van der Waals surface area contributed by atoms with Crippen molar-refractivity contribution in [2.45, 2.75) is 12.3 Å². The van der Waals surface area contributed by atoms with Gasteiger partial charge >= 0.3 is 0 Å². The molecule has 0 bridgehead atoms. The fraction of sp³-hybridized carbons (Fsp3) is 0.700. The number of halogens is 1. The predicted octanol–water partition coefficient (Wildman–Crippen LogP) is 0.125. The van der Waals surface area contributed by atoms with E-state index in [9.17, 15) is 4.79 Å². The Morgan fingerprint density at radius 3 is 2.53 bits per heavy atom. The number of alkyl halides is 1. The molecule has 1 saturated heterocycles. The zero-order valence-corrected chi connectivity index (χ0v) is 10.5. The van der Waals surface area contributed by atoms with E-state index >= 15 is 0 Å². The second kappa shape index (κ2) is 5.46. The van der Waals surface area contributed by atoms with Crippen LogP contribution in [0.2, 0.25) is 0 Å². The van der Waals surface area contributed by atoms with Crippen LogP contribution in [-0.4, -0.2) is 59.1 Å². The van der Waals surface area contributed by atoms with Crippen LogP contribution in [0.25, 0.3) is 0 Å². The van der Waals surface area contributed by atoms with Gasteiger partial charge < -0.3 is 14.2 Å². The van der Waals surface area contributed by atoms with E-state index in [1.165, 1.54) is 0 Å². The van der Waals surface area contributed by atoms with Crippen LogP contribution in [0.5, 0.6) is 0 Å². The number of carbonyl (C=O) groups excluding carboxylic acids is 1. The monoisotopic (exact) mass is 258 g/mol. The third kappa shape index (κ3) is 3.17. The number of likely N-dealkylation sites (N-methyl/N-ethyl adjacent to an activating group) is 1. The van der Waals surface area contributed by atoms with E-state index < -0.39 is 0 Å². The van der Waals surface area contributed by atoms with Crippen LogP contribution in [0.1, 0.15) is 11.8 Å². The molecule has 1 aromatic heterocycles. The number of hydrogen-bond acceptors (Lipinski definition) is 5. The molecule has 0 saturated carbocycles. The second-order valence-corrected chi connectivity index (χ2v) is 4.35. The van der Waals surface area contributed by atoms with E-state index in [4.69, 9.17) is 16.0 Å². The molecule has 0 aromatic carbocycles. The Labute approximate surface area is 105 Å². The maximum absolute atomic E-state index is 11.9. The molecule has 1 amide bonds. The second-order valence-electron chi connectivity index (χ2n) is 4.08. The molecule has 0 spiro atoms. The summed E-state index contributed by atoms with van der Waals surface area (Å²) < 4.78 is 5.20. The molecule has 1 aromatic rings. The summed E-state index contributed by atoms with van der Waals surface area (Å²) in [5.74, 6) is 0.899. The van der Waals surface area contributed by atoms with Gasteiger partial charge in [0.25, 0.3) is 0 Å². The zero-order chi connectivity index (χ0) is 12.3. The van der Waals surface area contributed by atoms with Gasteiger partial charge in [0.2, 0.25) is 17.7 Å². The molecule has 0 radical (unpaired) electrons. The average Bonchev–Trinajstić information content (AvgIpc) is 2.77. The molecule has 0 N–H and O–H groups in total. The molecular formula is C10H15ClN4O2. The van der Waals surface area contributed by atoms with Crippen LogP contribution in [0.4, 0.5) is 0 Å². The lowest BCUT2D eigenvalue weighted by molar-refractivity contribution is -0.132. The van der Waals surface area contributed by atoms with Gasteiger partial charge in [-0.15, -0.1) is 21.8 Å². The molecule has 1 fully saturated rings. The first-order valence-corrected chi connectivity index (χ1v) is 6.06. The van der Waals surface area contributed by atoms with Crippen molar-refractivity contribution in [2.75, 3.05) is 33.2 Å². The maximum atomic E-state index is 11.9. The van der Waals surface area contributed by atoms with Gasteiger partial charge in [-0.25, -0.2) is 0 Å². The lowest BCUT2D eigenvalue weighted by Gasteiger charge is -2.32. The molecule has 1 aliphatic heterocycles. The van der Waals surface area contributed by atoms with E-state index in [0.29, 0.717) is 11.8 Å². The van der Waals surface area contributed by atoms with Crippen LogP contribution >= 0.6 is 11.6 Å². The highest BCUT2D eigenvalue weighted by Gasteiger charge is 2.21. The number of nitrogens with zero attached hydrogens (tertiary/aromatic N) is 4. The largest absolute Gasteiger partial charge is 0.423 e. The van der Waals surface area contributed by atoms with Crippen LogP contribution in [0.3, 0.4) is 0 Å². The van der Waals surface area contributed by atoms with E-state index in [1.807, 2.05) is 11.9 Å². The summed E-state index contributed by atoms with van der Waals surface area (Å²) in [4.78, 5) is 15.9. The summed E-state index contributed by atoms with van der Waals surface area (Å²) in [6, 6.07) is 0. The number of hydrogen-bond donors (Lipinski definition) is 0. The van der Waals surface area contributed by atoms with E-state index in [2.05, 4.69) is 15.1 Å². The average molecular weight is 259 g/mol. The van der Waals surface area contributed by atoms with E-state index in [0.717, 1.165) is 26.2 Å². The fourth-order valence-electron chi connectivity index (χ4n) is 1.71. The maximum Gasteiger partial charge on any atom is 0.232 e. The molecule has 0 aliphatic carbocycles. The minimum absolute atomic E-state index is 0.0304. The minimum atomic E-state index is 0.0304. The van der Waals surface area contributed by atoms with Crippen molar-refractivity contribution in [3.05, 3.63) is 11.8 Å². The third-order valence-corrected chi connectivity index (χ3v) is 3.01. The number of carbonyl (C=O) groups is 1. The smallest absolute Gasteiger partial charge is 0.232 e. The molecule has 0 atom stereocenters. The Balaban J connectivity index is 1.88. The van der Waals surface area contributed by atoms with Crippen LogP contribution in [-0.2, 0) is 17.1 Å². The van der Waals surface area contributed by atoms with Gasteiger partial charge in [0, 0.05) is 26.2 Å². The van der Waals surface area contributed by atoms with Gasteiger partial charge in [-0.2, -0.15) is 0 Å². The Kier molecular flexibility index (Phi) is 3.96. The molecule has 2 rings (SSSR count). The van der Waals surface area contributed by atoms with Crippen LogP contribution < -0.4 is 0 Å². The summed E-state index contributed by atoms with van der Waals surface area (Å²) >= 11 is 5.54. The summed E-state index contributed by atoms with van der Waals surface area (Å²) in [5, 5.41) is 7.50. The van der Waals surface area contributed by atoms with E-state index in [-0.39, 0.29) is 18.2 Å². The normalized spacial score (nSPS) is 17.4. The summed E-state index contributed by atoms with van der Waals surface area (Å²) in [5.41, 5.74) is 0. The molecule has 7 heteroatoms. The van der Waals surface area contributed by atoms with Crippen molar-refractivity contribution in [1.82, 2.24) is 20.0 Å². The molecular weight excluding hydrogens is 244 g/mol. The molecule has 6 nitrogen and oxygen atoms in total. The molecule has 1 aliphatic rings. The predicted molar refractivity (Wildman–Crippen MR) is 61.6 cm³/mol. The number of piperazine rings is 1. The van der Waals surface area contributed by atoms with Gasteiger partial charge in [-0.05, 0) is 7.05 Å². The highest BCUT2D eigenvalue weighted by molar-refractivity contribution is 6.16. The van der Waals surface area contributed by atoms with Crippen molar-refractivity contribution in [1.29, 1.82) is 0 Å². The van der Waals surface area contributed by atoms with E-state index in [1.54, 1.807) is 0 Å². The van der Waals surface area contributed by atoms with Crippen LogP contribution in [0.15, 0.2) is 4.42 Å². The molecule has 94 valence electrons. The first kappa shape index (κ1) is 12.3. The molecule has 2 heterocycles. The Hall–Kier alpha value is -1.14. The first-order chi connectivity index (χ1) is 8.19. The third-order valence-electron chi connectivity index (χ3n) is 2.78.